The predicted molar refractivity (Wildman–Crippen MR) is 113 cm³/mol. The van der Waals surface area contributed by atoms with Gasteiger partial charge in [-0.15, -0.1) is 5.10 Å². The average Bonchev–Trinajstić information content (AvgIpc) is 3.41. The van der Waals surface area contributed by atoms with Crippen molar-refractivity contribution in [2.24, 2.45) is 0 Å². The topological polar surface area (TPSA) is 77.6 Å². The molecule has 0 spiro atoms. The third kappa shape index (κ3) is 4.11. The van der Waals surface area contributed by atoms with Crippen LogP contribution in [0.5, 0.6) is 0 Å². The smallest absolute Gasteiger partial charge is 0.326 e. The summed E-state index contributed by atoms with van der Waals surface area (Å²) in [6.07, 6.45) is -1.36. The Balaban J connectivity index is 1.65. The highest BCUT2D eigenvalue weighted by Gasteiger charge is 2.38. The molecular weight excluding hydrogens is 421 g/mol. The number of amides is 1. The molecule has 0 aliphatic heterocycles. The summed E-state index contributed by atoms with van der Waals surface area (Å²) in [6, 6.07) is 13.6. The van der Waals surface area contributed by atoms with Crippen molar-refractivity contribution in [3.8, 4) is 22.6 Å². The summed E-state index contributed by atoms with van der Waals surface area (Å²) < 4.78 is 43.0. The number of para-hydroxylation sites is 1. The lowest BCUT2D eigenvalue weighted by molar-refractivity contribution is -0.143. The van der Waals surface area contributed by atoms with E-state index in [1.807, 2.05) is 12.1 Å². The summed E-state index contributed by atoms with van der Waals surface area (Å²) in [5, 5.41) is 15.0. The number of anilines is 1. The van der Waals surface area contributed by atoms with Crippen LogP contribution in [0.2, 0.25) is 0 Å². The number of aryl methyl sites for hydroxylation is 1. The number of alkyl halides is 3. The van der Waals surface area contributed by atoms with Crippen LogP contribution in [0.4, 0.5) is 18.9 Å². The highest BCUT2D eigenvalue weighted by molar-refractivity contribution is 5.93. The Morgan fingerprint density at radius 3 is 2.41 bits per heavy atom. The van der Waals surface area contributed by atoms with Gasteiger partial charge in [0.15, 0.2) is 5.69 Å². The fourth-order valence-electron chi connectivity index (χ4n) is 3.40. The molecule has 4 aromatic rings. The first kappa shape index (κ1) is 21.3. The van der Waals surface area contributed by atoms with Crippen LogP contribution in [0.3, 0.4) is 0 Å². The molecule has 7 nitrogen and oxygen atoms in total. The summed E-state index contributed by atoms with van der Waals surface area (Å²) in [4.78, 5) is 11.4. The lowest BCUT2D eigenvalue weighted by Crippen LogP contribution is -2.15. The molecule has 2 aromatic carbocycles. The van der Waals surface area contributed by atoms with Crippen LogP contribution >= 0.6 is 0 Å². The summed E-state index contributed by atoms with van der Waals surface area (Å²) in [5.41, 5.74) is 2.11. The summed E-state index contributed by atoms with van der Waals surface area (Å²) >= 11 is 0. The lowest BCUT2D eigenvalue weighted by atomic mass is 10.1. The maximum Gasteiger partial charge on any atom is 0.433 e. The molecule has 0 fully saturated rings. The second-order valence-electron chi connectivity index (χ2n) is 7.07. The van der Waals surface area contributed by atoms with Gasteiger partial charge >= 0.3 is 6.18 Å². The number of hydrogen-bond acceptors (Lipinski definition) is 4. The first-order chi connectivity index (χ1) is 15.3. The predicted octanol–water partition coefficient (Wildman–Crippen LogP) is 4.66. The van der Waals surface area contributed by atoms with Gasteiger partial charge < -0.3 is 5.32 Å². The van der Waals surface area contributed by atoms with Crippen molar-refractivity contribution >= 4 is 11.6 Å². The van der Waals surface area contributed by atoms with E-state index in [-0.39, 0.29) is 23.6 Å². The first-order valence-corrected chi connectivity index (χ1v) is 9.82. The van der Waals surface area contributed by atoms with Gasteiger partial charge in [-0.25, -0.2) is 9.36 Å². The Kier molecular flexibility index (Phi) is 5.52. The minimum atomic E-state index is -4.51. The van der Waals surface area contributed by atoms with Crippen LogP contribution in [0.1, 0.15) is 25.1 Å². The maximum absolute atomic E-state index is 13.5. The zero-order valence-electron chi connectivity index (χ0n) is 17.3. The zero-order valence-corrected chi connectivity index (χ0v) is 17.3. The van der Waals surface area contributed by atoms with Crippen molar-refractivity contribution < 1.29 is 18.0 Å². The van der Waals surface area contributed by atoms with E-state index in [2.05, 4.69) is 20.7 Å². The molecule has 0 aliphatic carbocycles. The van der Waals surface area contributed by atoms with Crippen molar-refractivity contribution in [3.05, 3.63) is 72.2 Å². The van der Waals surface area contributed by atoms with Gasteiger partial charge in [0.1, 0.15) is 5.69 Å². The van der Waals surface area contributed by atoms with Crippen molar-refractivity contribution in [3.63, 3.8) is 0 Å². The molecule has 10 heteroatoms. The molecule has 0 radical (unpaired) electrons. The molecule has 1 amide bonds. The van der Waals surface area contributed by atoms with E-state index in [4.69, 9.17) is 0 Å². The maximum atomic E-state index is 13.5. The summed E-state index contributed by atoms with van der Waals surface area (Å²) in [7, 11) is 0. The molecule has 4 rings (SSSR count). The number of carbonyl (C=O) groups excluding carboxylic acids is 1. The van der Waals surface area contributed by atoms with Crippen LogP contribution in [-0.4, -0.2) is 30.7 Å². The third-order valence-corrected chi connectivity index (χ3v) is 4.86. The van der Waals surface area contributed by atoms with Crippen molar-refractivity contribution in [1.29, 1.82) is 0 Å². The fourth-order valence-corrected chi connectivity index (χ4v) is 3.40. The molecule has 1 N–H and O–H groups in total. The molecule has 0 bridgehead atoms. The minimum Gasteiger partial charge on any atom is -0.326 e. The number of carbonyl (C=O) groups is 1. The van der Waals surface area contributed by atoms with E-state index in [9.17, 15) is 18.0 Å². The van der Waals surface area contributed by atoms with E-state index < -0.39 is 11.9 Å². The number of nitrogens with one attached hydrogen (secondary N) is 1. The Bertz CT molecular complexity index is 1260. The van der Waals surface area contributed by atoms with Crippen molar-refractivity contribution in [2.75, 3.05) is 5.32 Å². The van der Waals surface area contributed by atoms with Crippen molar-refractivity contribution in [2.45, 2.75) is 26.4 Å². The third-order valence-electron chi connectivity index (χ3n) is 4.86. The quantitative estimate of drug-likeness (QED) is 0.490. The van der Waals surface area contributed by atoms with Gasteiger partial charge in [-0.3, -0.25) is 4.79 Å². The SMILES string of the molecule is CCc1cnn(-c2ccc(-n3cc(-c4ccccc4NC(C)=O)nn3)cc2)c1C(F)(F)F. The van der Waals surface area contributed by atoms with Gasteiger partial charge in [0.05, 0.1) is 29.5 Å². The molecule has 0 unspecified atom stereocenters. The summed E-state index contributed by atoms with van der Waals surface area (Å²) in [5.74, 6) is -0.205. The number of halogens is 3. The molecule has 164 valence electrons. The fraction of sp³-hybridized carbons (Fsp3) is 0.182. The number of rotatable bonds is 5. The minimum absolute atomic E-state index is 0.139. The van der Waals surface area contributed by atoms with Gasteiger partial charge in [-0.1, -0.05) is 30.3 Å². The standard InChI is InChI=1S/C22H19F3N6O/c1-3-15-12-26-31(21(15)22(23,24)25)17-10-8-16(9-11-17)30-13-20(28-29-30)18-6-4-5-7-19(18)27-14(2)32/h4-13H,3H2,1-2H3,(H,27,32). The molecule has 0 saturated carbocycles. The molecular formula is C22H19F3N6O. The Labute approximate surface area is 181 Å². The normalized spacial score (nSPS) is 11.5. The van der Waals surface area contributed by atoms with E-state index in [1.54, 1.807) is 49.5 Å². The second kappa shape index (κ2) is 8.29. The Hall–Kier alpha value is -3.95. The monoisotopic (exact) mass is 440 g/mol. The largest absolute Gasteiger partial charge is 0.433 e. The van der Waals surface area contributed by atoms with Gasteiger partial charge in [0.25, 0.3) is 0 Å². The van der Waals surface area contributed by atoms with Crippen LogP contribution < -0.4 is 5.32 Å². The number of benzene rings is 2. The van der Waals surface area contributed by atoms with E-state index in [0.29, 0.717) is 22.6 Å². The highest BCUT2D eigenvalue weighted by Crippen LogP contribution is 2.34. The van der Waals surface area contributed by atoms with Crippen LogP contribution in [-0.2, 0) is 17.4 Å². The van der Waals surface area contributed by atoms with Crippen LogP contribution in [0.15, 0.2) is 60.9 Å². The Morgan fingerprint density at radius 2 is 1.75 bits per heavy atom. The first-order valence-electron chi connectivity index (χ1n) is 9.82. The average molecular weight is 440 g/mol. The molecule has 2 heterocycles. The van der Waals surface area contributed by atoms with Crippen LogP contribution in [0, 0.1) is 0 Å². The van der Waals surface area contributed by atoms with Gasteiger partial charge in [0.2, 0.25) is 5.91 Å². The molecule has 32 heavy (non-hydrogen) atoms. The molecule has 0 saturated heterocycles. The zero-order chi connectivity index (χ0) is 22.9. The number of nitrogens with zero attached hydrogens (tertiary/aromatic N) is 5. The highest BCUT2D eigenvalue weighted by atomic mass is 19.4. The van der Waals surface area contributed by atoms with E-state index >= 15 is 0 Å². The van der Waals surface area contributed by atoms with Crippen molar-refractivity contribution in [1.82, 2.24) is 24.8 Å². The molecule has 2 aromatic heterocycles. The van der Waals surface area contributed by atoms with E-state index in [0.717, 1.165) is 4.68 Å². The van der Waals surface area contributed by atoms with Gasteiger partial charge in [-0.2, -0.15) is 18.3 Å². The van der Waals surface area contributed by atoms with Crippen LogP contribution in [0.25, 0.3) is 22.6 Å². The lowest BCUT2D eigenvalue weighted by Gasteiger charge is -2.12. The number of aromatic nitrogens is 5. The molecule has 0 aliphatic rings. The number of hydrogen-bond donors (Lipinski definition) is 1. The Morgan fingerprint density at radius 1 is 1.06 bits per heavy atom. The summed E-state index contributed by atoms with van der Waals surface area (Å²) in [6.45, 7) is 3.08. The van der Waals surface area contributed by atoms with E-state index in [1.165, 1.54) is 17.8 Å². The van der Waals surface area contributed by atoms with Gasteiger partial charge in [0, 0.05) is 18.1 Å². The second-order valence-corrected chi connectivity index (χ2v) is 7.07. The molecule has 0 atom stereocenters. The van der Waals surface area contributed by atoms with Gasteiger partial charge in [-0.05, 0) is 36.8 Å².